The average molecular weight is 649 g/mol. The number of carbonyl (C=O) groups is 4. The molecule has 3 amide bonds. The molecule has 0 saturated carbocycles. The number of carboxylic acid groups (broad SMARTS) is 1. The number of carboxylic acids is 1. The summed E-state index contributed by atoms with van der Waals surface area (Å²) < 4.78 is 61.8. The van der Waals surface area contributed by atoms with Crippen LogP contribution >= 0.6 is 0 Å². The Balaban J connectivity index is 1.39. The third-order valence-electron chi connectivity index (χ3n) is 7.18. The number of hydrogen-bond acceptors (Lipinski definition) is 7. The molecule has 0 spiro atoms. The number of halogens is 3. The standard InChI is InChI=1S/C30H31F3N4O7S/c1-17(2)13-25(26(38)34-16-18-7-9-21(10-8-18)36-45(43,44)30(31,32)33)35-24(29(41)42)11-12-37-27(39)22-14-19-5-3-4-6-20(19)15-23(22)28(37)40/h3-10,14-15,17,24-25,35-36H,11-13,16H2,1-2H3,(H,34,38)(H,41,42)/t24?,25-/m1/s1. The lowest BCUT2D eigenvalue weighted by atomic mass is 10.0. The number of fused-ring (bicyclic) bond motifs is 2. The number of hydrogen-bond donors (Lipinski definition) is 4. The van der Waals surface area contributed by atoms with Crippen molar-refractivity contribution >= 4 is 50.2 Å². The van der Waals surface area contributed by atoms with Crippen LogP contribution < -0.4 is 15.4 Å². The van der Waals surface area contributed by atoms with Gasteiger partial charge in [0.25, 0.3) is 11.8 Å². The topological polar surface area (TPSA) is 162 Å². The van der Waals surface area contributed by atoms with Crippen LogP contribution in [0.5, 0.6) is 0 Å². The number of benzene rings is 3. The minimum Gasteiger partial charge on any atom is -0.480 e. The van der Waals surface area contributed by atoms with E-state index in [1.807, 2.05) is 38.1 Å². The molecule has 3 aromatic rings. The second-order valence-electron chi connectivity index (χ2n) is 11.0. The first-order valence-electron chi connectivity index (χ1n) is 13.9. The summed E-state index contributed by atoms with van der Waals surface area (Å²) in [5.74, 6) is -2.92. The van der Waals surface area contributed by atoms with Crippen molar-refractivity contribution in [2.75, 3.05) is 11.3 Å². The normalized spacial score (nSPS) is 14.8. The van der Waals surface area contributed by atoms with Gasteiger partial charge in [0.1, 0.15) is 6.04 Å². The van der Waals surface area contributed by atoms with Crippen LogP contribution in [0.3, 0.4) is 0 Å². The fraction of sp³-hybridized carbons (Fsp3) is 0.333. The largest absolute Gasteiger partial charge is 0.516 e. The molecule has 3 aromatic carbocycles. The van der Waals surface area contributed by atoms with E-state index in [0.29, 0.717) is 5.56 Å². The summed E-state index contributed by atoms with van der Waals surface area (Å²) in [6, 6.07) is 13.1. The van der Waals surface area contributed by atoms with Gasteiger partial charge in [0.2, 0.25) is 5.91 Å². The van der Waals surface area contributed by atoms with Gasteiger partial charge in [-0.3, -0.25) is 34.1 Å². The highest BCUT2D eigenvalue weighted by molar-refractivity contribution is 7.93. The van der Waals surface area contributed by atoms with E-state index in [0.717, 1.165) is 27.8 Å². The van der Waals surface area contributed by atoms with Crippen LogP contribution in [0.1, 0.15) is 53.0 Å². The predicted molar refractivity (Wildman–Crippen MR) is 159 cm³/mol. The van der Waals surface area contributed by atoms with Crippen molar-refractivity contribution in [2.24, 2.45) is 5.92 Å². The summed E-state index contributed by atoms with van der Waals surface area (Å²) in [5, 5.41) is 17.0. The van der Waals surface area contributed by atoms with E-state index in [1.54, 1.807) is 12.1 Å². The van der Waals surface area contributed by atoms with E-state index in [4.69, 9.17) is 0 Å². The van der Waals surface area contributed by atoms with Crippen LogP contribution in [0.4, 0.5) is 18.9 Å². The number of nitrogens with one attached hydrogen (secondary N) is 3. The molecule has 4 N–H and O–H groups in total. The summed E-state index contributed by atoms with van der Waals surface area (Å²) in [6.45, 7) is 3.39. The molecule has 0 bridgehead atoms. The second kappa shape index (κ2) is 13.2. The van der Waals surface area contributed by atoms with E-state index in [2.05, 4.69) is 10.6 Å². The Morgan fingerprint density at radius 2 is 1.47 bits per heavy atom. The number of imide groups is 1. The van der Waals surface area contributed by atoms with Gasteiger partial charge in [-0.2, -0.15) is 21.6 Å². The molecule has 0 fully saturated rings. The van der Waals surface area contributed by atoms with Crippen LogP contribution in [-0.4, -0.2) is 66.3 Å². The summed E-state index contributed by atoms with van der Waals surface area (Å²) in [6.07, 6.45) is 0.0743. The van der Waals surface area contributed by atoms with Crippen LogP contribution in [-0.2, 0) is 26.2 Å². The first-order valence-corrected chi connectivity index (χ1v) is 15.4. The summed E-state index contributed by atoms with van der Waals surface area (Å²) >= 11 is 0. The zero-order chi connectivity index (χ0) is 33.1. The van der Waals surface area contributed by atoms with E-state index in [1.165, 1.54) is 16.9 Å². The Morgan fingerprint density at radius 3 is 1.96 bits per heavy atom. The first-order chi connectivity index (χ1) is 21.1. The average Bonchev–Trinajstić information content (AvgIpc) is 3.19. The lowest BCUT2D eigenvalue weighted by Crippen LogP contribution is -2.52. The number of nitrogens with zero attached hydrogens (tertiary/aromatic N) is 1. The molecule has 0 aromatic heterocycles. The molecule has 1 heterocycles. The predicted octanol–water partition coefficient (Wildman–Crippen LogP) is 3.86. The molecular weight excluding hydrogens is 617 g/mol. The lowest BCUT2D eigenvalue weighted by molar-refractivity contribution is -0.140. The van der Waals surface area contributed by atoms with Crippen molar-refractivity contribution in [3.05, 3.63) is 77.4 Å². The molecule has 0 aliphatic carbocycles. The smallest absolute Gasteiger partial charge is 0.480 e. The van der Waals surface area contributed by atoms with Crippen molar-refractivity contribution in [1.82, 2.24) is 15.5 Å². The van der Waals surface area contributed by atoms with Gasteiger partial charge in [0.05, 0.1) is 17.2 Å². The first kappa shape index (κ1) is 33.4. The van der Waals surface area contributed by atoms with Crippen molar-refractivity contribution < 1.29 is 45.9 Å². The zero-order valence-corrected chi connectivity index (χ0v) is 25.0. The van der Waals surface area contributed by atoms with E-state index < -0.39 is 51.3 Å². The highest BCUT2D eigenvalue weighted by Gasteiger charge is 2.46. The van der Waals surface area contributed by atoms with Crippen LogP contribution in [0.15, 0.2) is 60.7 Å². The van der Waals surface area contributed by atoms with Gasteiger partial charge in [-0.15, -0.1) is 0 Å². The fourth-order valence-corrected chi connectivity index (χ4v) is 5.46. The monoisotopic (exact) mass is 648 g/mol. The maximum Gasteiger partial charge on any atom is 0.516 e. The third-order valence-corrected chi connectivity index (χ3v) is 8.29. The molecule has 15 heteroatoms. The molecule has 1 aliphatic heterocycles. The number of carbonyl (C=O) groups excluding carboxylic acids is 3. The van der Waals surface area contributed by atoms with Gasteiger partial charge in [-0.1, -0.05) is 50.2 Å². The maximum absolute atomic E-state index is 13.1. The minimum atomic E-state index is -5.59. The Morgan fingerprint density at radius 1 is 0.911 bits per heavy atom. The van der Waals surface area contributed by atoms with E-state index in [-0.39, 0.29) is 48.7 Å². The quantitative estimate of drug-likeness (QED) is 0.203. The van der Waals surface area contributed by atoms with Crippen molar-refractivity contribution in [3.8, 4) is 0 Å². The molecule has 1 unspecified atom stereocenters. The second-order valence-corrected chi connectivity index (χ2v) is 12.7. The Bertz CT molecular complexity index is 1670. The highest BCUT2D eigenvalue weighted by Crippen LogP contribution is 2.28. The number of anilines is 1. The number of amides is 3. The molecule has 2 atom stereocenters. The summed E-state index contributed by atoms with van der Waals surface area (Å²) in [7, 11) is -5.59. The summed E-state index contributed by atoms with van der Waals surface area (Å²) in [4.78, 5) is 52.4. The molecule has 0 saturated heterocycles. The molecule has 240 valence electrons. The molecule has 1 aliphatic rings. The Hall–Kier alpha value is -4.50. The van der Waals surface area contributed by atoms with E-state index >= 15 is 0 Å². The van der Waals surface area contributed by atoms with Gasteiger partial charge in [0.15, 0.2) is 0 Å². The molecule has 0 radical (unpaired) electrons. The summed E-state index contributed by atoms with van der Waals surface area (Å²) in [5.41, 5.74) is -4.89. The minimum absolute atomic E-state index is 0.0333. The fourth-order valence-electron chi connectivity index (χ4n) is 4.90. The Labute approximate surface area is 256 Å². The van der Waals surface area contributed by atoms with Gasteiger partial charge in [0, 0.05) is 18.8 Å². The lowest BCUT2D eigenvalue weighted by Gasteiger charge is -2.25. The zero-order valence-electron chi connectivity index (χ0n) is 24.2. The van der Waals surface area contributed by atoms with Gasteiger partial charge < -0.3 is 10.4 Å². The van der Waals surface area contributed by atoms with Gasteiger partial charge in [-0.05, 0) is 59.4 Å². The van der Waals surface area contributed by atoms with Crippen molar-refractivity contribution in [2.45, 2.75) is 50.8 Å². The molecule has 11 nitrogen and oxygen atoms in total. The van der Waals surface area contributed by atoms with Crippen molar-refractivity contribution in [1.29, 1.82) is 0 Å². The SMILES string of the molecule is CC(C)C[C@@H](NC(CCN1C(=O)c2cc3ccccc3cc2C1=O)C(=O)O)C(=O)NCc1ccc(NS(=O)(=O)C(F)(F)F)cc1. The molecular formula is C30H31F3N4O7S. The van der Waals surface area contributed by atoms with Gasteiger partial charge >= 0.3 is 21.5 Å². The van der Waals surface area contributed by atoms with Crippen molar-refractivity contribution in [3.63, 3.8) is 0 Å². The number of aliphatic carboxylic acids is 1. The van der Waals surface area contributed by atoms with Crippen LogP contribution in [0.25, 0.3) is 10.8 Å². The van der Waals surface area contributed by atoms with Crippen LogP contribution in [0.2, 0.25) is 0 Å². The number of alkyl halides is 3. The molecule has 4 rings (SSSR count). The molecule has 45 heavy (non-hydrogen) atoms. The Kier molecular flexibility index (Phi) is 9.83. The van der Waals surface area contributed by atoms with Gasteiger partial charge in [-0.25, -0.2) is 0 Å². The number of sulfonamides is 1. The number of rotatable bonds is 13. The van der Waals surface area contributed by atoms with Crippen LogP contribution in [0, 0.1) is 5.92 Å². The highest BCUT2D eigenvalue weighted by atomic mass is 32.2. The third kappa shape index (κ3) is 7.78. The van der Waals surface area contributed by atoms with E-state index in [9.17, 15) is 45.9 Å². The maximum atomic E-state index is 13.1.